The van der Waals surface area contributed by atoms with Crippen molar-refractivity contribution in [3.05, 3.63) is 29.8 Å². The number of rotatable bonds is 11. The van der Waals surface area contributed by atoms with Gasteiger partial charge in [0.1, 0.15) is 17.6 Å². The first-order chi connectivity index (χ1) is 18.3. The Hall–Kier alpha value is -2.99. The van der Waals surface area contributed by atoms with Crippen molar-refractivity contribution in [2.45, 2.75) is 94.7 Å². The molecular formula is C27H41N5O6S. The summed E-state index contributed by atoms with van der Waals surface area (Å²) in [5.74, 6) is -2.04. The molecule has 4 amide bonds. The number of amides is 4. The van der Waals surface area contributed by atoms with E-state index in [9.17, 15) is 27.6 Å². The Labute approximate surface area is 230 Å². The van der Waals surface area contributed by atoms with Crippen molar-refractivity contribution in [3.8, 4) is 0 Å². The number of hydrogen-bond acceptors (Lipinski definition) is 6. The van der Waals surface area contributed by atoms with E-state index in [-0.39, 0.29) is 17.4 Å². The molecule has 1 saturated heterocycles. The van der Waals surface area contributed by atoms with Gasteiger partial charge in [-0.1, -0.05) is 50.8 Å². The summed E-state index contributed by atoms with van der Waals surface area (Å²) in [4.78, 5) is 52.8. The molecule has 39 heavy (non-hydrogen) atoms. The van der Waals surface area contributed by atoms with Crippen LogP contribution in [-0.2, 0) is 29.2 Å². The van der Waals surface area contributed by atoms with Gasteiger partial charge in [0.15, 0.2) is 0 Å². The first-order valence-electron chi connectivity index (χ1n) is 13.6. The van der Waals surface area contributed by atoms with E-state index in [2.05, 4.69) is 15.4 Å². The van der Waals surface area contributed by atoms with Gasteiger partial charge < -0.3 is 21.3 Å². The summed E-state index contributed by atoms with van der Waals surface area (Å²) in [5.41, 5.74) is 4.70. The van der Waals surface area contributed by atoms with Gasteiger partial charge >= 0.3 is 0 Å². The molecule has 0 aromatic heterocycles. The van der Waals surface area contributed by atoms with E-state index in [1.807, 2.05) is 20.8 Å². The number of aryl methyl sites for hydroxylation is 1. The van der Waals surface area contributed by atoms with Crippen molar-refractivity contribution < 1.29 is 27.6 Å². The van der Waals surface area contributed by atoms with Crippen molar-refractivity contribution >= 4 is 33.7 Å². The van der Waals surface area contributed by atoms with Gasteiger partial charge in [0.05, 0.1) is 11.4 Å². The summed E-state index contributed by atoms with van der Waals surface area (Å²) >= 11 is 0. The zero-order valence-electron chi connectivity index (χ0n) is 23.0. The van der Waals surface area contributed by atoms with E-state index in [1.165, 1.54) is 17.0 Å². The maximum Gasteiger partial charge on any atom is 0.244 e. The highest BCUT2D eigenvalue weighted by Crippen LogP contribution is 2.34. The van der Waals surface area contributed by atoms with Gasteiger partial charge in [-0.25, -0.2) is 8.42 Å². The van der Waals surface area contributed by atoms with Gasteiger partial charge in [0.25, 0.3) is 0 Å². The number of nitrogens with two attached hydrogens (primary N) is 1. The second-order valence-electron chi connectivity index (χ2n) is 11.1. The molecule has 11 nitrogen and oxygen atoms in total. The fourth-order valence-corrected chi connectivity index (χ4v) is 6.79. The van der Waals surface area contributed by atoms with E-state index in [4.69, 9.17) is 5.73 Å². The summed E-state index contributed by atoms with van der Waals surface area (Å²) in [5, 5.41) is 5.19. The molecule has 1 heterocycles. The molecule has 2 fully saturated rings. The molecule has 12 heteroatoms. The number of hydrogen-bond donors (Lipinski definition) is 4. The first-order valence-corrected chi connectivity index (χ1v) is 15.1. The van der Waals surface area contributed by atoms with E-state index < -0.39 is 51.3 Å². The van der Waals surface area contributed by atoms with Crippen LogP contribution in [-0.4, -0.2) is 67.7 Å². The Balaban J connectivity index is 1.81. The highest BCUT2D eigenvalue weighted by Gasteiger charge is 2.49. The van der Waals surface area contributed by atoms with E-state index in [0.29, 0.717) is 51.5 Å². The third-order valence-electron chi connectivity index (χ3n) is 7.37. The van der Waals surface area contributed by atoms with Crippen molar-refractivity contribution in [2.75, 3.05) is 13.1 Å². The minimum Gasteiger partial charge on any atom is -0.368 e. The van der Waals surface area contributed by atoms with Crippen molar-refractivity contribution in [3.63, 3.8) is 0 Å². The predicted octanol–water partition coefficient (Wildman–Crippen LogP) is 1.10. The van der Waals surface area contributed by atoms with Crippen LogP contribution in [0.15, 0.2) is 29.2 Å². The number of carbonyl (C=O) groups is 4. The molecule has 1 aromatic rings. The molecule has 0 radical (unpaired) electrons. The second kappa shape index (κ2) is 12.9. The monoisotopic (exact) mass is 563 g/mol. The van der Waals surface area contributed by atoms with Crippen LogP contribution in [0, 0.1) is 12.8 Å². The standard InChI is InChI=1S/C27H41N5O6S/c1-18(2)16-21(24(34)29-17-23(28)33)30-25(35)22-8-7-15-32(22)26(36)27(13-5-4-6-14-27)31-39(37,38)20-11-9-19(3)10-12-20/h9-12,18,21-22,31H,4-8,13-17H2,1-3H3,(H2,28,33)(H,29,34)(H,30,35)/t21-,22+/m0/s1. The molecular weight excluding hydrogens is 522 g/mol. The molecule has 1 aromatic carbocycles. The van der Waals surface area contributed by atoms with Crippen LogP contribution in [0.5, 0.6) is 0 Å². The van der Waals surface area contributed by atoms with Gasteiger partial charge in [0.2, 0.25) is 33.7 Å². The molecule has 1 aliphatic carbocycles. The van der Waals surface area contributed by atoms with Gasteiger partial charge in [-0.3, -0.25) is 19.2 Å². The minimum absolute atomic E-state index is 0.0672. The summed E-state index contributed by atoms with van der Waals surface area (Å²) in [6, 6.07) is 4.71. The van der Waals surface area contributed by atoms with Crippen molar-refractivity contribution in [1.82, 2.24) is 20.3 Å². The van der Waals surface area contributed by atoms with Gasteiger partial charge in [-0.15, -0.1) is 0 Å². The number of nitrogens with one attached hydrogen (secondary N) is 3. The Morgan fingerprint density at radius 3 is 2.28 bits per heavy atom. The number of likely N-dealkylation sites (tertiary alicyclic amines) is 1. The van der Waals surface area contributed by atoms with Crippen LogP contribution in [0.3, 0.4) is 0 Å². The fraction of sp³-hybridized carbons (Fsp3) is 0.630. The Bertz CT molecular complexity index is 1160. The molecule has 1 saturated carbocycles. The predicted molar refractivity (Wildman–Crippen MR) is 146 cm³/mol. The Morgan fingerprint density at radius 2 is 1.69 bits per heavy atom. The van der Waals surface area contributed by atoms with Crippen LogP contribution < -0.4 is 21.1 Å². The molecule has 0 bridgehead atoms. The second-order valence-corrected chi connectivity index (χ2v) is 12.8. The zero-order valence-corrected chi connectivity index (χ0v) is 23.8. The summed E-state index contributed by atoms with van der Waals surface area (Å²) in [6.07, 6.45) is 4.25. The normalized spacial score (nSPS) is 19.9. The SMILES string of the molecule is Cc1ccc(S(=O)(=O)NC2(C(=O)N3CCC[C@@H]3C(=O)N[C@@H](CC(C)C)C(=O)NCC(N)=O)CCCCC2)cc1. The largest absolute Gasteiger partial charge is 0.368 e. The molecule has 5 N–H and O–H groups in total. The summed E-state index contributed by atoms with van der Waals surface area (Å²) in [7, 11) is -3.99. The topological polar surface area (TPSA) is 168 Å². The average Bonchev–Trinajstić information content (AvgIpc) is 3.36. The van der Waals surface area contributed by atoms with Crippen LogP contribution in [0.25, 0.3) is 0 Å². The van der Waals surface area contributed by atoms with Gasteiger partial charge in [0, 0.05) is 6.54 Å². The lowest BCUT2D eigenvalue weighted by Crippen LogP contribution is -2.63. The Kier molecular flexibility index (Phi) is 10.1. The minimum atomic E-state index is -3.99. The Morgan fingerprint density at radius 1 is 1.05 bits per heavy atom. The van der Waals surface area contributed by atoms with Crippen molar-refractivity contribution in [1.29, 1.82) is 0 Å². The highest BCUT2D eigenvalue weighted by molar-refractivity contribution is 7.89. The number of primary amides is 1. The van der Waals surface area contributed by atoms with Gasteiger partial charge in [-0.05, 0) is 57.1 Å². The molecule has 0 spiro atoms. The molecule has 0 unspecified atom stereocenters. The molecule has 3 rings (SSSR count). The van der Waals surface area contributed by atoms with Crippen LogP contribution in [0.2, 0.25) is 0 Å². The summed E-state index contributed by atoms with van der Waals surface area (Å²) in [6.45, 7) is 5.63. The van der Waals surface area contributed by atoms with E-state index in [0.717, 1.165) is 12.0 Å². The smallest absolute Gasteiger partial charge is 0.244 e. The van der Waals surface area contributed by atoms with Crippen LogP contribution in [0.4, 0.5) is 0 Å². The first kappa shape index (κ1) is 30.6. The lowest BCUT2D eigenvalue weighted by atomic mass is 9.81. The van der Waals surface area contributed by atoms with Crippen molar-refractivity contribution in [2.24, 2.45) is 11.7 Å². The molecule has 2 atom stereocenters. The maximum absolute atomic E-state index is 14.1. The number of benzene rings is 1. The van der Waals surface area contributed by atoms with Crippen LogP contribution in [0.1, 0.15) is 70.8 Å². The zero-order chi connectivity index (χ0) is 28.8. The third-order valence-corrected chi connectivity index (χ3v) is 8.92. The quantitative estimate of drug-likeness (QED) is 0.314. The number of nitrogens with zero attached hydrogens (tertiary/aromatic N) is 1. The van der Waals surface area contributed by atoms with Gasteiger partial charge in [-0.2, -0.15) is 4.72 Å². The third kappa shape index (κ3) is 7.78. The molecule has 2 aliphatic rings. The molecule has 216 valence electrons. The summed E-state index contributed by atoms with van der Waals surface area (Å²) < 4.78 is 29.4. The average molecular weight is 564 g/mol. The maximum atomic E-state index is 14.1. The van der Waals surface area contributed by atoms with Crippen LogP contribution >= 0.6 is 0 Å². The fourth-order valence-electron chi connectivity index (χ4n) is 5.37. The highest BCUT2D eigenvalue weighted by atomic mass is 32.2. The number of sulfonamides is 1. The van der Waals surface area contributed by atoms with E-state index in [1.54, 1.807) is 12.1 Å². The molecule has 1 aliphatic heterocycles. The lowest BCUT2D eigenvalue weighted by Gasteiger charge is -2.40. The van der Waals surface area contributed by atoms with E-state index >= 15 is 0 Å². The lowest BCUT2D eigenvalue weighted by molar-refractivity contribution is -0.145. The number of carbonyl (C=O) groups excluding carboxylic acids is 4.